The highest BCUT2D eigenvalue weighted by molar-refractivity contribution is 6.17. The molecular formula is C15H22ClNO. The zero-order valence-electron chi connectivity index (χ0n) is 11.4. The van der Waals surface area contributed by atoms with E-state index in [1.807, 2.05) is 24.3 Å². The Labute approximate surface area is 115 Å². The van der Waals surface area contributed by atoms with Gasteiger partial charge in [-0.25, -0.2) is 0 Å². The van der Waals surface area contributed by atoms with Crippen LogP contribution in [0.1, 0.15) is 56.0 Å². The molecule has 0 heterocycles. The summed E-state index contributed by atoms with van der Waals surface area (Å²) in [5.41, 5.74) is 1.57. The first kappa shape index (κ1) is 15.0. The fourth-order valence-electron chi connectivity index (χ4n) is 2.12. The van der Waals surface area contributed by atoms with Crippen LogP contribution in [-0.4, -0.2) is 11.4 Å². The molecule has 0 radical (unpaired) electrons. The van der Waals surface area contributed by atoms with Crippen molar-refractivity contribution in [3.05, 3.63) is 35.4 Å². The maximum absolute atomic E-state index is 12.3. The number of halogens is 1. The Morgan fingerprint density at radius 2 is 1.83 bits per heavy atom. The van der Waals surface area contributed by atoms with Crippen molar-refractivity contribution < 1.29 is 4.79 Å². The molecular weight excluding hydrogens is 246 g/mol. The number of rotatable bonds is 6. The molecule has 1 rings (SSSR count). The summed E-state index contributed by atoms with van der Waals surface area (Å²) >= 11 is 5.79. The van der Waals surface area contributed by atoms with Crippen molar-refractivity contribution >= 4 is 17.5 Å². The number of hydrogen-bond donors (Lipinski definition) is 1. The third kappa shape index (κ3) is 3.49. The van der Waals surface area contributed by atoms with Crippen LogP contribution >= 0.6 is 11.6 Å². The Balaban J connectivity index is 2.86. The van der Waals surface area contributed by atoms with Gasteiger partial charge in [-0.05, 0) is 37.0 Å². The van der Waals surface area contributed by atoms with Crippen molar-refractivity contribution in [1.29, 1.82) is 0 Å². The molecule has 0 saturated carbocycles. The SMILES string of the molecule is CCC(CC)(CC)NC(=O)c1cccc(CCl)c1. The summed E-state index contributed by atoms with van der Waals surface area (Å²) in [7, 11) is 0. The summed E-state index contributed by atoms with van der Waals surface area (Å²) in [6, 6.07) is 7.49. The van der Waals surface area contributed by atoms with Gasteiger partial charge in [-0.2, -0.15) is 0 Å². The minimum atomic E-state index is -0.0892. The van der Waals surface area contributed by atoms with Crippen LogP contribution in [0.25, 0.3) is 0 Å². The standard InChI is InChI=1S/C15H22ClNO/c1-4-15(5-2,6-3)17-14(18)13-9-7-8-12(10-13)11-16/h7-10H,4-6,11H2,1-3H3,(H,17,18). The molecule has 0 unspecified atom stereocenters. The lowest BCUT2D eigenvalue weighted by atomic mass is 9.89. The largest absolute Gasteiger partial charge is 0.347 e. The predicted octanol–water partition coefficient (Wildman–Crippen LogP) is 4.12. The normalized spacial score (nSPS) is 11.3. The van der Waals surface area contributed by atoms with Crippen LogP contribution < -0.4 is 5.32 Å². The molecule has 0 bridgehead atoms. The summed E-state index contributed by atoms with van der Waals surface area (Å²) < 4.78 is 0. The van der Waals surface area contributed by atoms with Gasteiger partial charge in [0.15, 0.2) is 0 Å². The van der Waals surface area contributed by atoms with Gasteiger partial charge >= 0.3 is 0 Å². The Bertz CT molecular complexity index is 391. The topological polar surface area (TPSA) is 29.1 Å². The minimum Gasteiger partial charge on any atom is -0.347 e. The molecule has 1 aromatic carbocycles. The van der Waals surface area contributed by atoms with Crippen LogP contribution in [0.5, 0.6) is 0 Å². The lowest BCUT2D eigenvalue weighted by Crippen LogP contribution is -2.47. The highest BCUT2D eigenvalue weighted by Crippen LogP contribution is 2.20. The fraction of sp³-hybridized carbons (Fsp3) is 0.533. The molecule has 1 N–H and O–H groups in total. The van der Waals surface area contributed by atoms with E-state index in [0.29, 0.717) is 11.4 Å². The molecule has 3 heteroatoms. The summed E-state index contributed by atoms with van der Waals surface area (Å²) in [4.78, 5) is 12.3. The molecule has 0 aromatic heterocycles. The van der Waals surface area contributed by atoms with Gasteiger partial charge in [0, 0.05) is 17.0 Å². The van der Waals surface area contributed by atoms with Crippen LogP contribution in [0.3, 0.4) is 0 Å². The van der Waals surface area contributed by atoms with Crippen molar-refractivity contribution in [1.82, 2.24) is 5.32 Å². The number of alkyl halides is 1. The molecule has 18 heavy (non-hydrogen) atoms. The molecule has 0 aliphatic heterocycles. The maximum atomic E-state index is 12.3. The Morgan fingerprint density at radius 3 is 2.33 bits per heavy atom. The second kappa shape index (κ2) is 6.79. The Hall–Kier alpha value is -1.02. The smallest absolute Gasteiger partial charge is 0.251 e. The van der Waals surface area contributed by atoms with E-state index in [2.05, 4.69) is 26.1 Å². The molecule has 0 saturated heterocycles. The van der Waals surface area contributed by atoms with Gasteiger partial charge < -0.3 is 5.32 Å². The van der Waals surface area contributed by atoms with Gasteiger partial charge in [-0.15, -0.1) is 11.6 Å². The molecule has 0 fully saturated rings. The summed E-state index contributed by atoms with van der Waals surface area (Å²) in [5.74, 6) is 0.425. The van der Waals surface area contributed by atoms with Crippen LogP contribution in [0.2, 0.25) is 0 Å². The van der Waals surface area contributed by atoms with Gasteiger partial charge in [-0.3, -0.25) is 4.79 Å². The molecule has 1 aromatic rings. The summed E-state index contributed by atoms with van der Waals surface area (Å²) in [5, 5.41) is 3.17. The van der Waals surface area contributed by atoms with Crippen molar-refractivity contribution in [2.75, 3.05) is 0 Å². The molecule has 1 amide bonds. The van der Waals surface area contributed by atoms with E-state index in [-0.39, 0.29) is 11.4 Å². The molecule has 0 aliphatic carbocycles. The van der Waals surface area contributed by atoms with Crippen molar-refractivity contribution in [2.24, 2.45) is 0 Å². The number of carbonyl (C=O) groups excluding carboxylic acids is 1. The van der Waals surface area contributed by atoms with Crippen LogP contribution in [0.4, 0.5) is 0 Å². The highest BCUT2D eigenvalue weighted by Gasteiger charge is 2.26. The van der Waals surface area contributed by atoms with Crippen molar-refractivity contribution in [3.63, 3.8) is 0 Å². The Morgan fingerprint density at radius 1 is 1.22 bits per heavy atom. The van der Waals surface area contributed by atoms with E-state index in [1.165, 1.54) is 0 Å². The monoisotopic (exact) mass is 267 g/mol. The molecule has 0 aliphatic rings. The highest BCUT2D eigenvalue weighted by atomic mass is 35.5. The number of hydrogen-bond acceptors (Lipinski definition) is 1. The quantitative estimate of drug-likeness (QED) is 0.772. The van der Waals surface area contributed by atoms with Crippen LogP contribution in [0, 0.1) is 0 Å². The lowest BCUT2D eigenvalue weighted by Gasteiger charge is -2.31. The predicted molar refractivity (Wildman–Crippen MR) is 77.1 cm³/mol. The fourth-order valence-corrected chi connectivity index (χ4v) is 2.29. The minimum absolute atomic E-state index is 0.00693. The first-order chi connectivity index (χ1) is 8.60. The van der Waals surface area contributed by atoms with E-state index >= 15 is 0 Å². The summed E-state index contributed by atoms with van der Waals surface area (Å²) in [6.07, 6.45) is 2.84. The average molecular weight is 268 g/mol. The van der Waals surface area contributed by atoms with E-state index in [9.17, 15) is 4.79 Å². The van der Waals surface area contributed by atoms with Gasteiger partial charge in [0.25, 0.3) is 5.91 Å². The summed E-state index contributed by atoms with van der Waals surface area (Å²) in [6.45, 7) is 6.34. The third-order valence-electron chi connectivity index (χ3n) is 3.75. The number of benzene rings is 1. The average Bonchev–Trinajstić information content (AvgIpc) is 2.44. The Kier molecular flexibility index (Phi) is 5.67. The second-order valence-electron chi connectivity index (χ2n) is 4.63. The van der Waals surface area contributed by atoms with E-state index in [0.717, 1.165) is 24.8 Å². The molecule has 100 valence electrons. The van der Waals surface area contributed by atoms with Gasteiger partial charge in [0.05, 0.1) is 0 Å². The van der Waals surface area contributed by atoms with Gasteiger partial charge in [0.1, 0.15) is 0 Å². The van der Waals surface area contributed by atoms with E-state index in [1.54, 1.807) is 0 Å². The number of carbonyl (C=O) groups is 1. The number of amides is 1. The van der Waals surface area contributed by atoms with Crippen molar-refractivity contribution in [2.45, 2.75) is 51.5 Å². The molecule has 0 atom stereocenters. The van der Waals surface area contributed by atoms with E-state index < -0.39 is 0 Å². The number of nitrogens with one attached hydrogen (secondary N) is 1. The van der Waals surface area contributed by atoms with Crippen LogP contribution in [-0.2, 0) is 5.88 Å². The van der Waals surface area contributed by atoms with Gasteiger partial charge in [0.2, 0.25) is 0 Å². The second-order valence-corrected chi connectivity index (χ2v) is 4.90. The molecule has 0 spiro atoms. The van der Waals surface area contributed by atoms with Crippen molar-refractivity contribution in [3.8, 4) is 0 Å². The first-order valence-corrected chi connectivity index (χ1v) is 7.11. The molecule has 2 nitrogen and oxygen atoms in total. The van der Waals surface area contributed by atoms with Crippen LogP contribution in [0.15, 0.2) is 24.3 Å². The lowest BCUT2D eigenvalue weighted by molar-refractivity contribution is 0.0888. The van der Waals surface area contributed by atoms with Gasteiger partial charge in [-0.1, -0.05) is 32.9 Å². The zero-order chi connectivity index (χ0) is 13.6. The van der Waals surface area contributed by atoms with E-state index in [4.69, 9.17) is 11.6 Å². The zero-order valence-corrected chi connectivity index (χ0v) is 12.2. The first-order valence-electron chi connectivity index (χ1n) is 6.58. The third-order valence-corrected chi connectivity index (χ3v) is 4.06. The maximum Gasteiger partial charge on any atom is 0.251 e.